The number of hydrogen-bond donors (Lipinski definition) is 4. The molecule has 0 aromatic heterocycles. The number of aromatic hydroxyl groups is 1. The van der Waals surface area contributed by atoms with Gasteiger partial charge in [0.1, 0.15) is 18.4 Å². The maximum atomic E-state index is 11.5. The van der Waals surface area contributed by atoms with Crippen molar-refractivity contribution in [2.24, 2.45) is 5.73 Å². The molecule has 10 heteroatoms. The van der Waals surface area contributed by atoms with Crippen LogP contribution in [0.4, 0.5) is 10.5 Å². The molecule has 0 aliphatic carbocycles. The van der Waals surface area contributed by atoms with E-state index >= 15 is 0 Å². The van der Waals surface area contributed by atoms with Gasteiger partial charge in [0.25, 0.3) is 0 Å². The summed E-state index contributed by atoms with van der Waals surface area (Å²) in [5.74, 6) is -1.40. The Bertz CT molecular complexity index is 562. The standard InChI is InChI=1S/C12H13Cl3N2O5/c13-12(14,15)5-22-11(21)17-8-4-6(1-2-9(8)18)3-7(16)10(19)20/h1-2,4,7,18H,3,5,16H2,(H,17,21)(H,19,20)/t7-/m0/s1. The van der Waals surface area contributed by atoms with Crippen molar-refractivity contribution in [3.05, 3.63) is 23.8 Å². The zero-order valence-electron chi connectivity index (χ0n) is 11.1. The minimum Gasteiger partial charge on any atom is -0.506 e. The maximum absolute atomic E-state index is 11.5. The number of carboxylic acid groups (broad SMARTS) is 1. The number of alkyl halides is 3. The van der Waals surface area contributed by atoms with Crippen LogP contribution >= 0.6 is 34.8 Å². The van der Waals surface area contributed by atoms with Crippen molar-refractivity contribution < 1.29 is 24.5 Å². The first kappa shape index (κ1) is 18.6. The van der Waals surface area contributed by atoms with Gasteiger partial charge in [0.2, 0.25) is 3.79 Å². The van der Waals surface area contributed by atoms with E-state index in [0.29, 0.717) is 5.56 Å². The van der Waals surface area contributed by atoms with Crippen LogP contribution in [-0.4, -0.2) is 38.7 Å². The molecule has 0 unspecified atom stereocenters. The van der Waals surface area contributed by atoms with E-state index in [4.69, 9.17) is 45.6 Å². The third-order valence-corrected chi connectivity index (χ3v) is 2.76. The first-order valence-corrected chi connectivity index (χ1v) is 7.02. The lowest BCUT2D eigenvalue weighted by Gasteiger charge is -2.13. The van der Waals surface area contributed by atoms with Crippen LogP contribution in [0.1, 0.15) is 5.56 Å². The molecule has 22 heavy (non-hydrogen) atoms. The Morgan fingerprint density at radius 2 is 2.00 bits per heavy atom. The molecule has 5 N–H and O–H groups in total. The van der Waals surface area contributed by atoms with Crippen molar-refractivity contribution >= 4 is 52.6 Å². The van der Waals surface area contributed by atoms with Gasteiger partial charge in [0, 0.05) is 0 Å². The number of halogens is 3. The topological polar surface area (TPSA) is 122 Å². The Labute approximate surface area is 140 Å². The third-order valence-electron chi connectivity index (χ3n) is 2.44. The third kappa shape index (κ3) is 6.57. The van der Waals surface area contributed by atoms with Gasteiger partial charge in [-0.25, -0.2) is 4.79 Å². The normalized spacial score (nSPS) is 12.5. The fraction of sp³-hybridized carbons (Fsp3) is 0.333. The molecule has 0 spiro atoms. The van der Waals surface area contributed by atoms with E-state index in [1.165, 1.54) is 18.2 Å². The van der Waals surface area contributed by atoms with E-state index in [9.17, 15) is 14.7 Å². The number of phenols is 1. The van der Waals surface area contributed by atoms with Gasteiger partial charge in [0.05, 0.1) is 5.69 Å². The average Bonchev–Trinajstić information content (AvgIpc) is 2.39. The van der Waals surface area contributed by atoms with E-state index < -0.39 is 28.5 Å². The number of carboxylic acids is 1. The number of rotatable bonds is 5. The van der Waals surface area contributed by atoms with Crippen molar-refractivity contribution in [3.8, 4) is 5.75 Å². The highest BCUT2D eigenvalue weighted by molar-refractivity contribution is 6.67. The second-order valence-corrected chi connectivity index (χ2v) is 6.83. The van der Waals surface area contributed by atoms with Crippen molar-refractivity contribution in [2.45, 2.75) is 16.3 Å². The van der Waals surface area contributed by atoms with Gasteiger partial charge in [-0.05, 0) is 24.1 Å². The molecule has 1 aromatic rings. The van der Waals surface area contributed by atoms with E-state index in [1.807, 2.05) is 0 Å². The molecule has 0 radical (unpaired) electrons. The van der Waals surface area contributed by atoms with Crippen molar-refractivity contribution in [2.75, 3.05) is 11.9 Å². The summed E-state index contributed by atoms with van der Waals surface area (Å²) in [6.07, 6.45) is -0.922. The van der Waals surface area contributed by atoms with Crippen LogP contribution in [-0.2, 0) is 16.0 Å². The van der Waals surface area contributed by atoms with Gasteiger partial charge < -0.3 is 20.7 Å². The number of hydrogen-bond acceptors (Lipinski definition) is 5. The number of carbonyl (C=O) groups is 2. The lowest BCUT2D eigenvalue weighted by Crippen LogP contribution is -2.32. The lowest BCUT2D eigenvalue weighted by molar-refractivity contribution is -0.138. The monoisotopic (exact) mass is 370 g/mol. The molecular formula is C12H13Cl3N2O5. The van der Waals surface area contributed by atoms with Crippen LogP contribution in [0.2, 0.25) is 0 Å². The number of anilines is 1. The number of ether oxygens (including phenoxy) is 1. The summed E-state index contributed by atoms with van der Waals surface area (Å²) in [6.45, 7) is -0.478. The fourth-order valence-corrected chi connectivity index (χ4v) is 1.61. The number of aliphatic carboxylic acids is 1. The molecule has 1 atom stereocenters. The van der Waals surface area contributed by atoms with Crippen molar-refractivity contribution in [1.29, 1.82) is 0 Å². The number of carbonyl (C=O) groups excluding carboxylic acids is 1. The van der Waals surface area contributed by atoms with Gasteiger partial charge in [-0.3, -0.25) is 10.1 Å². The molecule has 0 heterocycles. The highest BCUT2D eigenvalue weighted by atomic mass is 35.6. The van der Waals surface area contributed by atoms with Crippen LogP contribution < -0.4 is 11.1 Å². The zero-order chi connectivity index (χ0) is 16.9. The number of amides is 1. The molecule has 1 amide bonds. The Balaban J connectivity index is 2.74. The van der Waals surface area contributed by atoms with Gasteiger partial charge in [-0.1, -0.05) is 40.9 Å². The number of nitrogens with one attached hydrogen (secondary N) is 1. The van der Waals surface area contributed by atoms with Crippen molar-refractivity contribution in [3.63, 3.8) is 0 Å². The van der Waals surface area contributed by atoms with E-state index in [2.05, 4.69) is 10.1 Å². The van der Waals surface area contributed by atoms with E-state index in [0.717, 1.165) is 0 Å². The van der Waals surface area contributed by atoms with Gasteiger partial charge in [-0.15, -0.1) is 0 Å². The molecule has 0 saturated carbocycles. The quantitative estimate of drug-likeness (QED) is 0.465. The molecule has 7 nitrogen and oxygen atoms in total. The first-order valence-electron chi connectivity index (χ1n) is 5.89. The summed E-state index contributed by atoms with van der Waals surface area (Å²) in [6, 6.07) is 3.03. The zero-order valence-corrected chi connectivity index (χ0v) is 13.3. The minimum atomic E-state index is -1.75. The second-order valence-electron chi connectivity index (χ2n) is 4.32. The summed E-state index contributed by atoms with van der Waals surface area (Å²) < 4.78 is 2.89. The average molecular weight is 372 g/mol. The summed E-state index contributed by atoms with van der Waals surface area (Å²) in [5.41, 5.74) is 5.94. The minimum absolute atomic E-state index is 0.0180. The Morgan fingerprint density at radius 1 is 1.36 bits per heavy atom. The fourth-order valence-electron chi connectivity index (χ4n) is 1.44. The molecule has 122 valence electrons. The smallest absolute Gasteiger partial charge is 0.411 e. The van der Waals surface area contributed by atoms with E-state index in [-0.39, 0.29) is 17.9 Å². The highest BCUT2D eigenvalue weighted by Crippen LogP contribution is 2.27. The van der Waals surface area contributed by atoms with Crippen molar-refractivity contribution in [1.82, 2.24) is 0 Å². The largest absolute Gasteiger partial charge is 0.506 e. The second kappa shape index (κ2) is 7.73. The lowest BCUT2D eigenvalue weighted by atomic mass is 10.1. The van der Waals surface area contributed by atoms with E-state index in [1.54, 1.807) is 0 Å². The molecule has 0 aliphatic rings. The molecule has 0 saturated heterocycles. The van der Waals surface area contributed by atoms with Crippen LogP contribution in [0.5, 0.6) is 5.75 Å². The SMILES string of the molecule is N[C@@H](Cc1ccc(O)c(NC(=O)OCC(Cl)(Cl)Cl)c1)C(=O)O. The van der Waals surface area contributed by atoms with Crippen LogP contribution in [0.3, 0.4) is 0 Å². The van der Waals surface area contributed by atoms with Gasteiger partial charge >= 0.3 is 12.1 Å². The highest BCUT2D eigenvalue weighted by Gasteiger charge is 2.22. The maximum Gasteiger partial charge on any atom is 0.411 e. The molecule has 0 aliphatic heterocycles. The molecule has 0 fully saturated rings. The van der Waals surface area contributed by atoms with Gasteiger partial charge in [0.15, 0.2) is 0 Å². The Kier molecular flexibility index (Phi) is 6.55. The molecule has 1 rings (SSSR count). The predicted molar refractivity (Wildman–Crippen MR) is 82.7 cm³/mol. The van der Waals surface area contributed by atoms with Crippen LogP contribution in [0.15, 0.2) is 18.2 Å². The summed E-state index contributed by atoms with van der Waals surface area (Å²) >= 11 is 16.3. The number of nitrogens with two attached hydrogens (primary N) is 1. The number of phenolic OH excluding ortho intramolecular Hbond substituents is 1. The van der Waals surface area contributed by atoms with Gasteiger partial charge in [-0.2, -0.15) is 0 Å². The summed E-state index contributed by atoms with van der Waals surface area (Å²) in [7, 11) is 0. The summed E-state index contributed by atoms with van der Waals surface area (Å²) in [4.78, 5) is 22.2. The molecule has 1 aromatic carbocycles. The molecule has 0 bridgehead atoms. The van der Waals surface area contributed by atoms with Crippen LogP contribution in [0.25, 0.3) is 0 Å². The predicted octanol–water partition coefficient (Wildman–Crippen LogP) is 2.27. The Hall–Kier alpha value is -1.41. The molecular weight excluding hydrogens is 358 g/mol. The Morgan fingerprint density at radius 3 is 2.55 bits per heavy atom. The summed E-state index contributed by atoms with van der Waals surface area (Å²) in [5, 5.41) is 20.7. The van der Waals surface area contributed by atoms with Crippen LogP contribution in [0, 0.1) is 0 Å². The first-order chi connectivity index (χ1) is 10.1. The number of benzene rings is 1.